The summed E-state index contributed by atoms with van der Waals surface area (Å²) < 4.78 is 27.8. The van der Waals surface area contributed by atoms with Gasteiger partial charge in [0.05, 0.1) is 20.6 Å². The predicted molar refractivity (Wildman–Crippen MR) is 125 cm³/mol. The van der Waals surface area contributed by atoms with Crippen LogP contribution in [-0.4, -0.2) is 32.8 Å². The molecule has 1 amide bonds. The smallest absolute Gasteiger partial charge is 0.264 e. The fourth-order valence-corrected chi connectivity index (χ4v) is 4.90. The molecule has 162 valence electrons. The van der Waals surface area contributed by atoms with Gasteiger partial charge >= 0.3 is 0 Å². The number of likely N-dealkylation sites (N-methyl/N-ethyl adjacent to an activating group) is 1. The summed E-state index contributed by atoms with van der Waals surface area (Å²) in [6, 6.07) is 20.4. The van der Waals surface area contributed by atoms with E-state index in [4.69, 9.17) is 23.2 Å². The highest BCUT2D eigenvalue weighted by Gasteiger charge is 2.30. The number of carbonyl (C=O) groups excluding carboxylic acids is 1. The van der Waals surface area contributed by atoms with Crippen LogP contribution < -0.4 is 4.31 Å². The highest BCUT2D eigenvalue weighted by Crippen LogP contribution is 2.35. The number of rotatable bonds is 7. The zero-order chi connectivity index (χ0) is 22.6. The third kappa shape index (κ3) is 5.39. The SMILES string of the molecule is Cc1ccc(CN(C)C(=O)CN(c2cccc(Cl)c2Cl)S(=O)(=O)c2ccccc2)cc1. The zero-order valence-electron chi connectivity index (χ0n) is 17.1. The summed E-state index contributed by atoms with van der Waals surface area (Å²) in [6.07, 6.45) is 0. The molecule has 5 nitrogen and oxygen atoms in total. The standard InChI is InChI=1S/C23H22Cl2N2O3S/c1-17-11-13-18(14-12-17)15-26(2)22(28)16-27(21-10-6-9-20(24)23(21)25)31(29,30)19-7-4-3-5-8-19/h3-14H,15-16H2,1-2H3. The summed E-state index contributed by atoms with van der Waals surface area (Å²) >= 11 is 12.5. The summed E-state index contributed by atoms with van der Waals surface area (Å²) in [6.45, 7) is 1.92. The lowest BCUT2D eigenvalue weighted by Gasteiger charge is -2.27. The van der Waals surface area contributed by atoms with Gasteiger partial charge in [-0.3, -0.25) is 9.10 Å². The average Bonchev–Trinajstić information content (AvgIpc) is 2.76. The first-order valence-electron chi connectivity index (χ1n) is 9.51. The van der Waals surface area contributed by atoms with Crippen molar-refractivity contribution in [2.75, 3.05) is 17.9 Å². The average molecular weight is 477 g/mol. The quantitative estimate of drug-likeness (QED) is 0.473. The number of nitrogens with zero attached hydrogens (tertiary/aromatic N) is 2. The second-order valence-corrected chi connectivity index (χ2v) is 9.78. The number of aryl methyl sites for hydroxylation is 1. The molecule has 31 heavy (non-hydrogen) atoms. The number of benzene rings is 3. The van der Waals surface area contributed by atoms with Gasteiger partial charge < -0.3 is 4.90 Å². The molecule has 3 rings (SSSR count). The number of hydrogen-bond donors (Lipinski definition) is 0. The van der Waals surface area contributed by atoms with E-state index in [2.05, 4.69) is 0 Å². The van der Waals surface area contributed by atoms with Gasteiger partial charge in [-0.25, -0.2) is 8.42 Å². The number of anilines is 1. The van der Waals surface area contributed by atoms with Crippen LogP contribution in [0, 0.1) is 6.92 Å². The van der Waals surface area contributed by atoms with E-state index in [0.29, 0.717) is 6.54 Å². The Morgan fingerprint density at radius 3 is 2.19 bits per heavy atom. The molecular formula is C23H22Cl2N2O3S. The molecule has 3 aromatic carbocycles. The van der Waals surface area contributed by atoms with Gasteiger partial charge in [0.1, 0.15) is 6.54 Å². The molecule has 0 fully saturated rings. The molecular weight excluding hydrogens is 455 g/mol. The number of halogens is 2. The largest absolute Gasteiger partial charge is 0.340 e. The third-order valence-electron chi connectivity index (χ3n) is 4.78. The number of sulfonamides is 1. The molecule has 0 aromatic heterocycles. The Hall–Kier alpha value is -2.54. The van der Waals surface area contributed by atoms with Gasteiger partial charge in [0.25, 0.3) is 10.0 Å². The van der Waals surface area contributed by atoms with Crippen LogP contribution in [0.4, 0.5) is 5.69 Å². The number of hydrogen-bond acceptors (Lipinski definition) is 3. The minimum atomic E-state index is -4.06. The van der Waals surface area contributed by atoms with Crippen LogP contribution in [0.3, 0.4) is 0 Å². The molecule has 0 bridgehead atoms. The molecule has 3 aromatic rings. The molecule has 0 spiro atoms. The maximum Gasteiger partial charge on any atom is 0.264 e. The van der Waals surface area contributed by atoms with E-state index >= 15 is 0 Å². The van der Waals surface area contributed by atoms with Crippen molar-refractivity contribution in [1.82, 2.24) is 4.90 Å². The second-order valence-electron chi connectivity index (χ2n) is 7.13. The van der Waals surface area contributed by atoms with Gasteiger partial charge in [-0.1, -0.05) is 77.3 Å². The van der Waals surface area contributed by atoms with Crippen LogP contribution in [0.5, 0.6) is 0 Å². The van der Waals surface area contributed by atoms with Crippen molar-refractivity contribution < 1.29 is 13.2 Å². The van der Waals surface area contributed by atoms with Crippen molar-refractivity contribution in [3.8, 4) is 0 Å². The van der Waals surface area contributed by atoms with Crippen molar-refractivity contribution in [3.05, 3.63) is 94.0 Å². The van der Waals surface area contributed by atoms with Crippen LogP contribution in [0.25, 0.3) is 0 Å². The molecule has 0 N–H and O–H groups in total. The Labute approximate surface area is 192 Å². The molecule has 0 saturated carbocycles. The molecule has 0 heterocycles. The molecule has 0 atom stereocenters. The third-order valence-corrected chi connectivity index (χ3v) is 7.36. The number of carbonyl (C=O) groups is 1. The summed E-state index contributed by atoms with van der Waals surface area (Å²) in [4.78, 5) is 14.6. The van der Waals surface area contributed by atoms with Crippen LogP contribution in [0.1, 0.15) is 11.1 Å². The predicted octanol–water partition coefficient (Wildman–Crippen LogP) is 5.16. The maximum atomic E-state index is 13.4. The number of amides is 1. The van der Waals surface area contributed by atoms with Crippen LogP contribution >= 0.6 is 23.2 Å². The summed E-state index contributed by atoms with van der Waals surface area (Å²) in [5.41, 5.74) is 2.21. The van der Waals surface area contributed by atoms with Gasteiger partial charge in [0.2, 0.25) is 5.91 Å². The van der Waals surface area contributed by atoms with E-state index in [9.17, 15) is 13.2 Å². The molecule has 0 aliphatic heterocycles. The Morgan fingerprint density at radius 1 is 0.903 bits per heavy atom. The van der Waals surface area contributed by atoms with Crippen molar-refractivity contribution in [1.29, 1.82) is 0 Å². The van der Waals surface area contributed by atoms with E-state index in [1.807, 2.05) is 31.2 Å². The van der Waals surface area contributed by atoms with E-state index < -0.39 is 16.6 Å². The fourth-order valence-electron chi connectivity index (χ4n) is 3.00. The lowest BCUT2D eigenvalue weighted by atomic mass is 10.1. The van der Waals surface area contributed by atoms with Crippen molar-refractivity contribution in [2.24, 2.45) is 0 Å². The molecule has 0 unspecified atom stereocenters. The van der Waals surface area contributed by atoms with Crippen LogP contribution in [-0.2, 0) is 21.4 Å². The maximum absolute atomic E-state index is 13.4. The van der Waals surface area contributed by atoms with Crippen molar-refractivity contribution in [2.45, 2.75) is 18.4 Å². The van der Waals surface area contributed by atoms with Crippen molar-refractivity contribution >= 4 is 44.8 Å². The van der Waals surface area contributed by atoms with Gasteiger partial charge in [0.15, 0.2) is 0 Å². The summed E-state index contributed by atoms with van der Waals surface area (Å²) in [5.74, 6) is -0.379. The van der Waals surface area contributed by atoms with Gasteiger partial charge in [-0.05, 0) is 36.8 Å². The Morgan fingerprint density at radius 2 is 1.55 bits per heavy atom. The second kappa shape index (κ2) is 9.73. The summed E-state index contributed by atoms with van der Waals surface area (Å²) in [7, 11) is -2.42. The fraction of sp³-hybridized carbons (Fsp3) is 0.174. The summed E-state index contributed by atoms with van der Waals surface area (Å²) in [5, 5.41) is 0.269. The molecule has 0 radical (unpaired) electrons. The zero-order valence-corrected chi connectivity index (χ0v) is 19.5. The normalized spacial score (nSPS) is 11.2. The van der Waals surface area contributed by atoms with Gasteiger partial charge in [-0.2, -0.15) is 0 Å². The van der Waals surface area contributed by atoms with Crippen molar-refractivity contribution in [3.63, 3.8) is 0 Å². The first-order chi connectivity index (χ1) is 14.7. The van der Waals surface area contributed by atoms with E-state index in [1.54, 1.807) is 37.4 Å². The molecule has 8 heteroatoms. The van der Waals surface area contributed by atoms with E-state index in [-0.39, 0.29) is 26.5 Å². The molecule has 0 saturated heterocycles. The Kier molecular flexibility index (Phi) is 7.26. The highest BCUT2D eigenvalue weighted by molar-refractivity contribution is 7.92. The van der Waals surface area contributed by atoms with E-state index in [1.165, 1.54) is 23.1 Å². The highest BCUT2D eigenvalue weighted by atomic mass is 35.5. The Bertz CT molecular complexity index is 1170. The van der Waals surface area contributed by atoms with Crippen LogP contribution in [0.2, 0.25) is 10.0 Å². The monoisotopic (exact) mass is 476 g/mol. The molecule has 0 aliphatic rings. The first kappa shape index (κ1) is 23.1. The lowest BCUT2D eigenvalue weighted by Crippen LogP contribution is -2.41. The topological polar surface area (TPSA) is 57.7 Å². The lowest BCUT2D eigenvalue weighted by molar-refractivity contribution is -0.128. The van der Waals surface area contributed by atoms with Crippen LogP contribution in [0.15, 0.2) is 77.7 Å². The van der Waals surface area contributed by atoms with Gasteiger partial charge in [-0.15, -0.1) is 0 Å². The van der Waals surface area contributed by atoms with E-state index in [0.717, 1.165) is 15.4 Å². The minimum Gasteiger partial charge on any atom is -0.340 e. The van der Waals surface area contributed by atoms with Gasteiger partial charge in [0, 0.05) is 13.6 Å². The first-order valence-corrected chi connectivity index (χ1v) is 11.7. The molecule has 0 aliphatic carbocycles. The minimum absolute atomic E-state index is 0.0556. The Balaban J connectivity index is 1.94.